The molecule has 0 bridgehead atoms. The monoisotopic (exact) mass is 860 g/mol. The third-order valence-electron chi connectivity index (χ3n) is 11.5. The standard InChI is InChI=1S/C53H97NO7/c1-6-8-10-12-14-16-18-20-22-24-26-28-30-32-34-36-38-40-42-44-52(56)61-49(47-59-46-45-50(53(57)58)54(3,4)5)48-60-51(55)43-41-39-37-35-33-31-29-27-25-23-21-19-17-15-13-11-9-7-2/h8,10,14,16,20,22,49-50H,6-7,9,11-13,15,17-19,21,23-48H2,1-5H3/b10-8+,16-14+,22-20+. The summed E-state index contributed by atoms with van der Waals surface area (Å²) in [4.78, 5) is 37.0. The van der Waals surface area contributed by atoms with Crippen molar-refractivity contribution in [2.75, 3.05) is 41.0 Å². The lowest BCUT2D eigenvalue weighted by Gasteiger charge is -2.34. The SMILES string of the molecule is CC/C=C/C/C=C/C/C=C/CCCCCCCCCCCC(=O)OC(COCCC(C(=O)[O-])[N+](C)(C)C)COC(=O)CCCCCCCCCCCCCCCCCCCC. The number of aliphatic carboxylic acids is 1. The molecule has 61 heavy (non-hydrogen) atoms. The third kappa shape index (κ3) is 42.6. The van der Waals surface area contributed by atoms with E-state index in [1.54, 1.807) is 21.1 Å². The molecule has 0 aliphatic rings. The Kier molecular flexibility index (Phi) is 42.4. The van der Waals surface area contributed by atoms with Crippen molar-refractivity contribution >= 4 is 17.9 Å². The second-order valence-corrected chi connectivity index (χ2v) is 18.4. The Bertz CT molecular complexity index is 1090. The molecule has 2 unspecified atom stereocenters. The Hall–Kier alpha value is -2.45. The van der Waals surface area contributed by atoms with Crippen LogP contribution in [0.3, 0.4) is 0 Å². The molecule has 2 atom stereocenters. The number of carbonyl (C=O) groups is 3. The van der Waals surface area contributed by atoms with Crippen LogP contribution in [0.1, 0.15) is 232 Å². The van der Waals surface area contributed by atoms with Gasteiger partial charge in [0, 0.05) is 19.3 Å². The first kappa shape index (κ1) is 58.6. The van der Waals surface area contributed by atoms with E-state index in [9.17, 15) is 19.5 Å². The predicted octanol–water partition coefficient (Wildman–Crippen LogP) is 13.3. The number of unbranched alkanes of at least 4 members (excludes halogenated alkanes) is 26. The van der Waals surface area contributed by atoms with Crippen molar-refractivity contribution in [2.45, 2.75) is 244 Å². The van der Waals surface area contributed by atoms with E-state index < -0.39 is 18.1 Å². The summed E-state index contributed by atoms with van der Waals surface area (Å²) in [6, 6.07) is -0.725. The minimum atomic E-state index is -1.12. The molecule has 0 saturated carbocycles. The van der Waals surface area contributed by atoms with E-state index in [-0.39, 0.29) is 42.7 Å². The van der Waals surface area contributed by atoms with Crippen molar-refractivity contribution in [1.29, 1.82) is 0 Å². The van der Waals surface area contributed by atoms with Crippen LogP contribution in [0.4, 0.5) is 0 Å². The van der Waals surface area contributed by atoms with Crippen molar-refractivity contribution in [1.82, 2.24) is 0 Å². The van der Waals surface area contributed by atoms with Gasteiger partial charge in [-0.15, -0.1) is 0 Å². The number of likely N-dealkylation sites (N-methyl/N-ethyl adjacent to an activating group) is 1. The fourth-order valence-corrected chi connectivity index (χ4v) is 7.62. The molecule has 0 spiro atoms. The Morgan fingerprint density at radius 1 is 0.508 bits per heavy atom. The second-order valence-electron chi connectivity index (χ2n) is 18.4. The highest BCUT2D eigenvalue weighted by atomic mass is 16.6. The summed E-state index contributed by atoms with van der Waals surface area (Å²) < 4.78 is 17.3. The smallest absolute Gasteiger partial charge is 0.306 e. The summed E-state index contributed by atoms with van der Waals surface area (Å²) in [5, 5.41) is 11.7. The van der Waals surface area contributed by atoms with Crippen LogP contribution >= 0.6 is 0 Å². The van der Waals surface area contributed by atoms with Crippen LogP contribution < -0.4 is 5.11 Å². The summed E-state index contributed by atoms with van der Waals surface area (Å²) in [6.45, 7) is 4.58. The summed E-state index contributed by atoms with van der Waals surface area (Å²) in [5.41, 5.74) is 0. The van der Waals surface area contributed by atoms with Crippen molar-refractivity contribution in [3.63, 3.8) is 0 Å². The van der Waals surface area contributed by atoms with Gasteiger partial charge in [-0.1, -0.05) is 204 Å². The zero-order valence-corrected chi connectivity index (χ0v) is 40.6. The van der Waals surface area contributed by atoms with E-state index in [1.165, 1.54) is 135 Å². The minimum Gasteiger partial charge on any atom is -0.544 e. The topological polar surface area (TPSA) is 102 Å². The molecule has 0 rings (SSSR count). The molecular weight excluding hydrogens is 763 g/mol. The molecule has 0 aromatic rings. The molecule has 0 N–H and O–H groups in total. The van der Waals surface area contributed by atoms with Crippen LogP contribution in [0.5, 0.6) is 0 Å². The van der Waals surface area contributed by atoms with Crippen LogP contribution in [0.2, 0.25) is 0 Å². The number of esters is 2. The molecule has 0 heterocycles. The van der Waals surface area contributed by atoms with Gasteiger partial charge in [-0.3, -0.25) is 9.59 Å². The summed E-state index contributed by atoms with van der Waals surface area (Å²) in [6.07, 6.45) is 51.7. The zero-order valence-electron chi connectivity index (χ0n) is 40.6. The van der Waals surface area contributed by atoms with Crippen molar-refractivity contribution in [2.24, 2.45) is 0 Å². The fraction of sp³-hybridized carbons (Fsp3) is 0.830. The first-order chi connectivity index (χ1) is 29.6. The van der Waals surface area contributed by atoms with E-state index in [1.807, 2.05) is 0 Å². The molecule has 8 nitrogen and oxygen atoms in total. The molecule has 0 amide bonds. The van der Waals surface area contributed by atoms with Gasteiger partial charge < -0.3 is 28.6 Å². The molecule has 8 heteroatoms. The van der Waals surface area contributed by atoms with Gasteiger partial charge in [0.15, 0.2) is 6.10 Å². The largest absolute Gasteiger partial charge is 0.544 e. The van der Waals surface area contributed by atoms with Crippen LogP contribution in [0, 0.1) is 0 Å². The number of carbonyl (C=O) groups excluding carboxylic acids is 3. The Balaban J connectivity index is 4.23. The van der Waals surface area contributed by atoms with Crippen LogP contribution in [0.15, 0.2) is 36.5 Å². The normalized spacial score (nSPS) is 13.1. The number of ether oxygens (including phenoxy) is 3. The average Bonchev–Trinajstić information content (AvgIpc) is 3.22. The van der Waals surface area contributed by atoms with Crippen LogP contribution in [-0.2, 0) is 28.6 Å². The maximum absolute atomic E-state index is 12.8. The molecule has 0 fully saturated rings. The van der Waals surface area contributed by atoms with Crippen LogP contribution in [-0.4, -0.2) is 75.5 Å². The predicted molar refractivity (Wildman–Crippen MR) is 254 cm³/mol. The Morgan fingerprint density at radius 3 is 1.36 bits per heavy atom. The molecule has 356 valence electrons. The quantitative estimate of drug-likeness (QED) is 0.0260. The highest BCUT2D eigenvalue weighted by Gasteiger charge is 2.25. The fourth-order valence-electron chi connectivity index (χ4n) is 7.62. The number of rotatable bonds is 46. The van der Waals surface area contributed by atoms with E-state index in [2.05, 4.69) is 50.3 Å². The Labute approximate surface area is 376 Å². The number of hydrogen-bond donors (Lipinski definition) is 0. The lowest BCUT2D eigenvalue weighted by molar-refractivity contribution is -0.889. The van der Waals surface area contributed by atoms with Gasteiger partial charge in [0.2, 0.25) is 0 Å². The van der Waals surface area contributed by atoms with E-state index in [0.29, 0.717) is 12.8 Å². The molecule has 0 aromatic heterocycles. The number of quaternary nitrogens is 1. The molecule has 0 aliphatic carbocycles. The van der Waals surface area contributed by atoms with Crippen LogP contribution in [0.25, 0.3) is 0 Å². The van der Waals surface area contributed by atoms with Gasteiger partial charge in [0.05, 0.1) is 40.3 Å². The summed E-state index contributed by atoms with van der Waals surface area (Å²) in [7, 11) is 5.42. The van der Waals surface area contributed by atoms with E-state index in [4.69, 9.17) is 14.2 Å². The summed E-state index contributed by atoms with van der Waals surface area (Å²) in [5.74, 6) is -1.73. The van der Waals surface area contributed by atoms with Gasteiger partial charge >= 0.3 is 11.9 Å². The van der Waals surface area contributed by atoms with E-state index >= 15 is 0 Å². The maximum Gasteiger partial charge on any atom is 0.306 e. The molecular formula is C53H97NO7. The first-order valence-corrected chi connectivity index (χ1v) is 25.5. The zero-order chi connectivity index (χ0) is 44.9. The third-order valence-corrected chi connectivity index (χ3v) is 11.5. The first-order valence-electron chi connectivity index (χ1n) is 25.5. The van der Waals surface area contributed by atoms with Gasteiger partial charge in [0.1, 0.15) is 12.6 Å². The lowest BCUT2D eigenvalue weighted by Crippen LogP contribution is -2.55. The average molecular weight is 860 g/mol. The van der Waals surface area contributed by atoms with Crippen molar-refractivity contribution < 1.29 is 38.2 Å². The molecule has 0 radical (unpaired) electrons. The minimum absolute atomic E-state index is 0.0416. The number of nitrogens with zero attached hydrogens (tertiary/aromatic N) is 1. The second kappa shape index (κ2) is 44.2. The van der Waals surface area contributed by atoms with Gasteiger partial charge in [-0.05, 0) is 44.9 Å². The highest BCUT2D eigenvalue weighted by molar-refractivity contribution is 5.70. The summed E-state index contributed by atoms with van der Waals surface area (Å²) >= 11 is 0. The molecule has 0 aromatic carbocycles. The van der Waals surface area contributed by atoms with E-state index in [0.717, 1.165) is 64.2 Å². The number of carboxylic acid groups (broad SMARTS) is 1. The van der Waals surface area contributed by atoms with Crippen molar-refractivity contribution in [3.05, 3.63) is 36.5 Å². The molecule has 0 saturated heterocycles. The molecule has 0 aliphatic heterocycles. The van der Waals surface area contributed by atoms with Gasteiger partial charge in [-0.2, -0.15) is 0 Å². The Morgan fingerprint density at radius 2 is 0.918 bits per heavy atom. The number of allylic oxidation sites excluding steroid dienone is 6. The van der Waals surface area contributed by atoms with Crippen molar-refractivity contribution in [3.8, 4) is 0 Å². The van der Waals surface area contributed by atoms with Gasteiger partial charge in [-0.25, -0.2) is 0 Å². The number of hydrogen-bond acceptors (Lipinski definition) is 7. The van der Waals surface area contributed by atoms with Gasteiger partial charge in [0.25, 0.3) is 0 Å². The lowest BCUT2D eigenvalue weighted by atomic mass is 10.0. The number of carboxylic acids is 1. The maximum atomic E-state index is 12.8. The highest BCUT2D eigenvalue weighted by Crippen LogP contribution is 2.16.